The summed E-state index contributed by atoms with van der Waals surface area (Å²) < 4.78 is 54.1. The van der Waals surface area contributed by atoms with Crippen molar-refractivity contribution in [1.82, 2.24) is 0 Å². The van der Waals surface area contributed by atoms with Gasteiger partial charge in [0, 0.05) is 13.1 Å². The standard InChI is InChI=1S/C14H16N2O5S2/c1-16(23(19,20)11-6-4-3-5-7-11)13-9-8-12(22(15,17)18)10-14(13)21-2/h3-10H,1-2H3,(H2,15,17,18). The highest BCUT2D eigenvalue weighted by atomic mass is 32.2. The second kappa shape index (κ2) is 6.19. The van der Waals surface area contributed by atoms with E-state index in [1.165, 1.54) is 44.5 Å². The second-order valence-corrected chi connectivity index (χ2v) is 8.19. The van der Waals surface area contributed by atoms with Gasteiger partial charge in [-0.2, -0.15) is 0 Å². The number of hydrogen-bond donors (Lipinski definition) is 1. The van der Waals surface area contributed by atoms with Crippen molar-refractivity contribution < 1.29 is 21.6 Å². The third-order valence-corrected chi connectivity index (χ3v) is 5.92. The molecule has 0 atom stereocenters. The minimum atomic E-state index is -3.91. The van der Waals surface area contributed by atoms with E-state index in [0.717, 1.165) is 4.31 Å². The molecule has 0 radical (unpaired) electrons. The molecule has 2 N–H and O–H groups in total. The molecule has 0 aliphatic carbocycles. The molecule has 23 heavy (non-hydrogen) atoms. The molecule has 9 heteroatoms. The Labute approximate surface area is 135 Å². The number of rotatable bonds is 5. The van der Waals surface area contributed by atoms with Crippen LogP contribution in [0.2, 0.25) is 0 Å². The highest BCUT2D eigenvalue weighted by molar-refractivity contribution is 7.92. The van der Waals surface area contributed by atoms with Gasteiger partial charge in [-0.3, -0.25) is 4.31 Å². The average Bonchev–Trinajstić information content (AvgIpc) is 2.53. The van der Waals surface area contributed by atoms with Crippen LogP contribution in [-0.2, 0) is 20.0 Å². The zero-order valence-corrected chi connectivity index (χ0v) is 14.1. The van der Waals surface area contributed by atoms with Crippen LogP contribution in [0.15, 0.2) is 58.3 Å². The normalized spacial score (nSPS) is 12.0. The van der Waals surface area contributed by atoms with Gasteiger partial charge in [0.15, 0.2) is 0 Å². The molecule has 2 aromatic rings. The van der Waals surface area contributed by atoms with Gasteiger partial charge in [-0.05, 0) is 24.3 Å². The van der Waals surface area contributed by atoms with E-state index in [0.29, 0.717) is 0 Å². The van der Waals surface area contributed by atoms with Gasteiger partial charge in [0.05, 0.1) is 22.6 Å². The molecule has 0 unspecified atom stereocenters. The van der Waals surface area contributed by atoms with Crippen LogP contribution < -0.4 is 14.2 Å². The molecule has 0 saturated carbocycles. The molecule has 2 rings (SSSR count). The molecule has 0 saturated heterocycles. The number of primary sulfonamides is 1. The third kappa shape index (κ3) is 3.46. The van der Waals surface area contributed by atoms with Crippen molar-refractivity contribution >= 4 is 25.7 Å². The third-order valence-electron chi connectivity index (χ3n) is 3.22. The minimum Gasteiger partial charge on any atom is -0.495 e. The monoisotopic (exact) mass is 356 g/mol. The maximum atomic E-state index is 12.6. The number of nitrogens with two attached hydrogens (primary N) is 1. The summed E-state index contributed by atoms with van der Waals surface area (Å²) in [4.78, 5) is -0.0521. The fourth-order valence-corrected chi connectivity index (χ4v) is 3.73. The molecule has 0 fully saturated rings. The first-order valence-electron chi connectivity index (χ1n) is 6.43. The zero-order valence-electron chi connectivity index (χ0n) is 12.5. The van der Waals surface area contributed by atoms with Gasteiger partial charge >= 0.3 is 0 Å². The van der Waals surface area contributed by atoms with E-state index in [-0.39, 0.29) is 21.2 Å². The van der Waals surface area contributed by atoms with Crippen molar-refractivity contribution in [3.8, 4) is 5.75 Å². The Hall–Kier alpha value is -2.10. The molecule has 0 heterocycles. The van der Waals surface area contributed by atoms with Crippen LogP contribution in [0.4, 0.5) is 5.69 Å². The maximum Gasteiger partial charge on any atom is 0.264 e. The number of sulfonamides is 2. The van der Waals surface area contributed by atoms with E-state index in [1.54, 1.807) is 18.2 Å². The van der Waals surface area contributed by atoms with Crippen molar-refractivity contribution in [2.45, 2.75) is 9.79 Å². The Morgan fingerprint density at radius 1 is 0.957 bits per heavy atom. The largest absolute Gasteiger partial charge is 0.495 e. The average molecular weight is 356 g/mol. The van der Waals surface area contributed by atoms with Crippen LogP contribution in [0, 0.1) is 0 Å². The molecule has 0 amide bonds. The van der Waals surface area contributed by atoms with Gasteiger partial charge in [-0.15, -0.1) is 0 Å². The number of hydrogen-bond acceptors (Lipinski definition) is 5. The van der Waals surface area contributed by atoms with Crippen molar-refractivity contribution in [3.05, 3.63) is 48.5 Å². The lowest BCUT2D eigenvalue weighted by molar-refractivity contribution is 0.414. The molecular formula is C14H16N2O5S2. The van der Waals surface area contributed by atoms with Gasteiger partial charge in [0.2, 0.25) is 10.0 Å². The fraction of sp³-hybridized carbons (Fsp3) is 0.143. The lowest BCUT2D eigenvalue weighted by Crippen LogP contribution is -2.27. The zero-order chi connectivity index (χ0) is 17.3. The molecule has 0 aliphatic rings. The maximum absolute atomic E-state index is 12.6. The van der Waals surface area contributed by atoms with Crippen molar-refractivity contribution in [3.63, 3.8) is 0 Å². The smallest absolute Gasteiger partial charge is 0.264 e. The quantitative estimate of drug-likeness (QED) is 0.865. The Morgan fingerprint density at radius 3 is 2.09 bits per heavy atom. The summed E-state index contributed by atoms with van der Waals surface area (Å²) in [6, 6.07) is 11.6. The highest BCUT2D eigenvalue weighted by Gasteiger charge is 2.24. The molecule has 0 bridgehead atoms. The predicted molar refractivity (Wildman–Crippen MR) is 86.4 cm³/mol. The van der Waals surface area contributed by atoms with Gasteiger partial charge in [0.1, 0.15) is 5.75 Å². The topological polar surface area (TPSA) is 107 Å². The van der Waals surface area contributed by atoms with Gasteiger partial charge in [-0.25, -0.2) is 22.0 Å². The summed E-state index contributed by atoms with van der Waals surface area (Å²) in [6.07, 6.45) is 0. The first-order valence-corrected chi connectivity index (χ1v) is 9.41. The van der Waals surface area contributed by atoms with Crippen LogP contribution >= 0.6 is 0 Å². The number of benzene rings is 2. The number of ether oxygens (including phenoxy) is 1. The molecular weight excluding hydrogens is 340 g/mol. The summed E-state index contributed by atoms with van der Waals surface area (Å²) in [5.41, 5.74) is 0.198. The summed E-state index contributed by atoms with van der Waals surface area (Å²) in [5.74, 6) is 0.0820. The van der Waals surface area contributed by atoms with E-state index in [1.807, 2.05) is 0 Å². The lowest BCUT2D eigenvalue weighted by Gasteiger charge is -2.22. The fourth-order valence-electron chi connectivity index (χ4n) is 1.98. The van der Waals surface area contributed by atoms with Crippen LogP contribution in [-0.4, -0.2) is 31.0 Å². The Morgan fingerprint density at radius 2 is 1.57 bits per heavy atom. The van der Waals surface area contributed by atoms with E-state index >= 15 is 0 Å². The van der Waals surface area contributed by atoms with E-state index in [2.05, 4.69) is 0 Å². The Bertz CT molecular complexity index is 909. The number of anilines is 1. The van der Waals surface area contributed by atoms with Crippen LogP contribution in [0.5, 0.6) is 5.75 Å². The van der Waals surface area contributed by atoms with Crippen LogP contribution in [0.1, 0.15) is 0 Å². The molecule has 124 valence electrons. The Balaban J connectivity index is 2.54. The lowest BCUT2D eigenvalue weighted by atomic mass is 10.3. The SMILES string of the molecule is COc1cc(S(N)(=O)=O)ccc1N(C)S(=O)(=O)c1ccccc1. The van der Waals surface area contributed by atoms with Gasteiger partial charge in [-0.1, -0.05) is 18.2 Å². The summed E-state index contributed by atoms with van der Waals surface area (Å²) in [7, 11) is -5.04. The van der Waals surface area contributed by atoms with Crippen LogP contribution in [0.25, 0.3) is 0 Å². The molecule has 0 aliphatic heterocycles. The molecule has 0 spiro atoms. The van der Waals surface area contributed by atoms with Crippen molar-refractivity contribution in [2.75, 3.05) is 18.5 Å². The molecule has 7 nitrogen and oxygen atoms in total. The van der Waals surface area contributed by atoms with E-state index in [4.69, 9.17) is 9.88 Å². The summed E-state index contributed by atoms with van der Waals surface area (Å²) in [5, 5.41) is 5.07. The highest BCUT2D eigenvalue weighted by Crippen LogP contribution is 2.33. The van der Waals surface area contributed by atoms with Crippen molar-refractivity contribution in [1.29, 1.82) is 0 Å². The van der Waals surface area contributed by atoms with Gasteiger partial charge in [0.25, 0.3) is 10.0 Å². The Kier molecular flexibility index (Phi) is 4.64. The predicted octanol–water partition coefficient (Wildman–Crippen LogP) is 1.17. The summed E-state index contributed by atoms with van der Waals surface area (Å²) >= 11 is 0. The molecule has 2 aromatic carbocycles. The van der Waals surface area contributed by atoms with Crippen LogP contribution in [0.3, 0.4) is 0 Å². The van der Waals surface area contributed by atoms with E-state index < -0.39 is 20.0 Å². The number of methoxy groups -OCH3 is 1. The van der Waals surface area contributed by atoms with E-state index in [9.17, 15) is 16.8 Å². The minimum absolute atomic E-state index is 0.0820. The first-order chi connectivity index (χ1) is 10.7. The molecule has 0 aromatic heterocycles. The first kappa shape index (κ1) is 17.3. The van der Waals surface area contributed by atoms with Gasteiger partial charge < -0.3 is 4.74 Å². The van der Waals surface area contributed by atoms with Crippen molar-refractivity contribution in [2.24, 2.45) is 5.14 Å². The second-order valence-electron chi connectivity index (χ2n) is 4.66. The summed E-state index contributed by atoms with van der Waals surface area (Å²) in [6.45, 7) is 0. The number of nitrogens with zero attached hydrogens (tertiary/aromatic N) is 1.